The minimum Gasteiger partial charge on any atom is -0.369 e. The monoisotopic (exact) mass is 187 g/mol. The van der Waals surface area contributed by atoms with Crippen molar-refractivity contribution >= 4 is 23.0 Å². The van der Waals surface area contributed by atoms with E-state index in [4.69, 9.17) is 12.2 Å². The molecule has 1 heterocycles. The van der Waals surface area contributed by atoms with Crippen molar-refractivity contribution in [1.82, 2.24) is 10.3 Å². The lowest BCUT2D eigenvalue weighted by atomic mass is 10.1. The molecule has 1 atom stereocenters. The second kappa shape index (κ2) is 2.99. The number of aliphatic hydroxyl groups is 1. The van der Waals surface area contributed by atoms with Gasteiger partial charge in [-0.3, -0.25) is 0 Å². The normalized spacial score (nSPS) is 28.7. The van der Waals surface area contributed by atoms with Gasteiger partial charge < -0.3 is 10.4 Å². The number of nitrogens with one attached hydrogen (secondary N) is 1. The van der Waals surface area contributed by atoms with Gasteiger partial charge in [0, 0.05) is 19.2 Å². The van der Waals surface area contributed by atoms with Gasteiger partial charge in [0.25, 0.3) is 0 Å². The Hall–Kier alpha value is -0.680. The average Bonchev–Trinajstić information content (AvgIpc) is 2.23. The Bertz CT molecular complexity index is 237. The van der Waals surface area contributed by atoms with Crippen molar-refractivity contribution in [2.75, 3.05) is 7.05 Å². The fraction of sp³-hybridized carbons (Fsp3) is 0.714. The SMILES string of the molecule is CNC(=S)N1N=C(C)C[C@]1(C)O. The summed E-state index contributed by atoms with van der Waals surface area (Å²) < 4.78 is 0. The van der Waals surface area contributed by atoms with Crippen LogP contribution in [0.2, 0.25) is 0 Å². The molecule has 0 saturated carbocycles. The van der Waals surface area contributed by atoms with E-state index in [2.05, 4.69) is 10.4 Å². The lowest BCUT2D eigenvalue weighted by molar-refractivity contribution is -0.0330. The molecule has 0 fully saturated rings. The standard InChI is InChI=1S/C7H13N3OS/c1-5-4-7(2,11)10(9-5)6(12)8-3/h11H,4H2,1-3H3,(H,8,12)/t7-/m0/s1. The van der Waals surface area contributed by atoms with E-state index in [9.17, 15) is 5.11 Å². The molecule has 0 aromatic carbocycles. The summed E-state index contributed by atoms with van der Waals surface area (Å²) in [5.41, 5.74) is -0.0814. The Balaban J connectivity index is 2.82. The van der Waals surface area contributed by atoms with Gasteiger partial charge in [0.1, 0.15) is 0 Å². The zero-order valence-corrected chi connectivity index (χ0v) is 8.27. The molecule has 2 N–H and O–H groups in total. The minimum absolute atomic E-state index is 0.442. The van der Waals surface area contributed by atoms with Gasteiger partial charge in [0.15, 0.2) is 10.8 Å². The third-order valence-electron chi connectivity index (χ3n) is 1.72. The van der Waals surface area contributed by atoms with Crippen molar-refractivity contribution in [3.05, 3.63) is 0 Å². The van der Waals surface area contributed by atoms with E-state index in [1.54, 1.807) is 14.0 Å². The van der Waals surface area contributed by atoms with Crippen LogP contribution in [0.25, 0.3) is 0 Å². The Labute approximate surface area is 77.3 Å². The Morgan fingerprint density at radius 1 is 1.83 bits per heavy atom. The van der Waals surface area contributed by atoms with Gasteiger partial charge in [-0.1, -0.05) is 0 Å². The minimum atomic E-state index is -0.968. The van der Waals surface area contributed by atoms with Crippen LogP contribution in [0.4, 0.5) is 0 Å². The van der Waals surface area contributed by atoms with Crippen LogP contribution < -0.4 is 5.32 Å². The molecule has 0 amide bonds. The van der Waals surface area contributed by atoms with E-state index in [1.165, 1.54) is 5.01 Å². The van der Waals surface area contributed by atoms with Crippen LogP contribution >= 0.6 is 12.2 Å². The number of hydrogen-bond acceptors (Lipinski definition) is 3. The van der Waals surface area contributed by atoms with Gasteiger partial charge in [0.05, 0.1) is 0 Å². The van der Waals surface area contributed by atoms with Crippen molar-refractivity contribution in [2.24, 2.45) is 5.10 Å². The van der Waals surface area contributed by atoms with E-state index in [-0.39, 0.29) is 0 Å². The molecule has 68 valence electrons. The fourth-order valence-electron chi connectivity index (χ4n) is 1.24. The molecule has 0 saturated heterocycles. The molecular formula is C7H13N3OS. The topological polar surface area (TPSA) is 47.9 Å². The smallest absolute Gasteiger partial charge is 0.192 e. The summed E-state index contributed by atoms with van der Waals surface area (Å²) in [5, 5.41) is 18.6. The molecule has 4 nitrogen and oxygen atoms in total. The lowest BCUT2D eigenvalue weighted by Gasteiger charge is -2.28. The van der Waals surface area contributed by atoms with Crippen molar-refractivity contribution in [3.8, 4) is 0 Å². The van der Waals surface area contributed by atoms with Crippen LogP contribution in [0.5, 0.6) is 0 Å². The van der Waals surface area contributed by atoms with Crippen LogP contribution in [-0.4, -0.2) is 33.7 Å². The fourth-order valence-corrected chi connectivity index (χ4v) is 1.48. The summed E-state index contributed by atoms with van der Waals surface area (Å²) >= 11 is 4.96. The third kappa shape index (κ3) is 1.56. The van der Waals surface area contributed by atoms with E-state index in [1.807, 2.05) is 6.92 Å². The van der Waals surface area contributed by atoms with Gasteiger partial charge in [-0.2, -0.15) is 5.10 Å². The van der Waals surface area contributed by atoms with E-state index < -0.39 is 5.72 Å². The Kier molecular flexibility index (Phi) is 2.34. The zero-order chi connectivity index (χ0) is 9.35. The lowest BCUT2D eigenvalue weighted by Crippen LogP contribution is -2.46. The van der Waals surface area contributed by atoms with Crippen LogP contribution in [0, 0.1) is 0 Å². The highest BCUT2D eigenvalue weighted by Crippen LogP contribution is 2.23. The first kappa shape index (κ1) is 9.41. The maximum absolute atomic E-state index is 9.81. The van der Waals surface area contributed by atoms with E-state index in [0.29, 0.717) is 11.5 Å². The van der Waals surface area contributed by atoms with Crippen molar-refractivity contribution < 1.29 is 5.11 Å². The molecule has 1 rings (SSSR count). The highest BCUT2D eigenvalue weighted by Gasteiger charge is 2.36. The van der Waals surface area contributed by atoms with Crippen LogP contribution in [0.3, 0.4) is 0 Å². The number of hydrogen-bond donors (Lipinski definition) is 2. The summed E-state index contributed by atoms with van der Waals surface area (Å²) in [6.45, 7) is 3.56. The average molecular weight is 187 g/mol. The van der Waals surface area contributed by atoms with Crippen molar-refractivity contribution in [3.63, 3.8) is 0 Å². The Morgan fingerprint density at radius 3 is 2.75 bits per heavy atom. The molecule has 0 spiro atoms. The predicted molar refractivity (Wildman–Crippen MR) is 51.8 cm³/mol. The maximum Gasteiger partial charge on any atom is 0.192 e. The summed E-state index contributed by atoms with van der Waals surface area (Å²) in [6.07, 6.45) is 0.537. The van der Waals surface area contributed by atoms with Crippen molar-refractivity contribution in [1.29, 1.82) is 0 Å². The molecule has 0 bridgehead atoms. The van der Waals surface area contributed by atoms with Gasteiger partial charge in [-0.05, 0) is 26.1 Å². The summed E-state index contributed by atoms with van der Waals surface area (Å²) in [7, 11) is 1.71. The molecule has 0 aromatic heterocycles. The van der Waals surface area contributed by atoms with Gasteiger partial charge in [0.2, 0.25) is 0 Å². The second-order valence-corrected chi connectivity index (χ2v) is 3.48. The highest BCUT2D eigenvalue weighted by molar-refractivity contribution is 7.80. The molecule has 12 heavy (non-hydrogen) atoms. The predicted octanol–water partition coefficient (Wildman–Crippen LogP) is 0.281. The second-order valence-electron chi connectivity index (χ2n) is 3.10. The molecule has 0 aromatic rings. The van der Waals surface area contributed by atoms with Gasteiger partial charge >= 0.3 is 0 Å². The van der Waals surface area contributed by atoms with Gasteiger partial charge in [-0.25, -0.2) is 5.01 Å². The molecule has 1 aliphatic rings. The van der Waals surface area contributed by atoms with Crippen LogP contribution in [0.15, 0.2) is 5.10 Å². The Morgan fingerprint density at radius 2 is 2.42 bits per heavy atom. The number of rotatable bonds is 0. The van der Waals surface area contributed by atoms with Crippen LogP contribution in [0.1, 0.15) is 20.3 Å². The molecular weight excluding hydrogens is 174 g/mol. The first-order valence-electron chi connectivity index (χ1n) is 3.76. The van der Waals surface area contributed by atoms with E-state index >= 15 is 0 Å². The van der Waals surface area contributed by atoms with Crippen LogP contribution in [-0.2, 0) is 0 Å². The molecule has 1 aliphatic heterocycles. The number of hydrazone groups is 1. The first-order chi connectivity index (χ1) is 5.47. The first-order valence-corrected chi connectivity index (χ1v) is 4.16. The quantitative estimate of drug-likeness (QED) is 0.535. The number of nitrogens with zero attached hydrogens (tertiary/aromatic N) is 2. The zero-order valence-electron chi connectivity index (χ0n) is 7.46. The van der Waals surface area contributed by atoms with Crippen molar-refractivity contribution in [2.45, 2.75) is 26.0 Å². The molecule has 0 unspecified atom stereocenters. The molecule has 0 aliphatic carbocycles. The molecule has 0 radical (unpaired) electrons. The summed E-state index contributed by atoms with van der Waals surface area (Å²) in [4.78, 5) is 0. The largest absolute Gasteiger partial charge is 0.369 e. The summed E-state index contributed by atoms with van der Waals surface area (Å²) in [5.74, 6) is 0. The number of thiocarbonyl (C=S) groups is 1. The molecule has 5 heteroatoms. The van der Waals surface area contributed by atoms with E-state index in [0.717, 1.165) is 5.71 Å². The third-order valence-corrected chi connectivity index (χ3v) is 2.10. The summed E-state index contributed by atoms with van der Waals surface area (Å²) in [6, 6.07) is 0. The maximum atomic E-state index is 9.81. The highest BCUT2D eigenvalue weighted by atomic mass is 32.1. The van der Waals surface area contributed by atoms with Gasteiger partial charge in [-0.15, -0.1) is 0 Å².